The zero-order valence-corrected chi connectivity index (χ0v) is 44.3. The molecule has 0 aliphatic rings. The Morgan fingerprint density at radius 3 is 0.940 bits per heavy atom. The highest BCUT2D eigenvalue weighted by atomic mass is 16.6. The summed E-state index contributed by atoms with van der Waals surface area (Å²) in [4.78, 5) is 56.3. The van der Waals surface area contributed by atoms with E-state index in [1.54, 1.807) is 0 Å². The average Bonchev–Trinajstić information content (AvgIpc) is 3.30. The highest BCUT2D eigenvalue weighted by Crippen LogP contribution is 2.23. The van der Waals surface area contributed by atoms with Crippen molar-refractivity contribution < 1.29 is 38.1 Å². The predicted molar refractivity (Wildman–Crippen MR) is 277 cm³/mol. The van der Waals surface area contributed by atoms with Crippen LogP contribution in [-0.2, 0) is 38.1 Å². The average molecular weight is 949 g/mol. The SMILES string of the molecule is CCCCCCCC/C=C\CCCCCCCC(=O)OCC(COC(=O)CCCCCCC/C=C\CCCCCCCC)(COC(=O)CCNCCN(C)C)COC(=O)CCNCCN(C)C. The van der Waals surface area contributed by atoms with E-state index in [1.807, 2.05) is 28.2 Å². The third-order valence-electron chi connectivity index (χ3n) is 11.9. The molecule has 0 heterocycles. The molecule has 0 rings (SSSR count). The number of nitrogens with one attached hydrogen (secondary N) is 2. The summed E-state index contributed by atoms with van der Waals surface area (Å²) in [6.45, 7) is 7.58. The quantitative estimate of drug-likeness (QED) is 0.0260. The first-order valence-electron chi connectivity index (χ1n) is 27.2. The molecule has 12 nitrogen and oxygen atoms in total. The molecule has 0 unspecified atom stereocenters. The maximum Gasteiger partial charge on any atom is 0.307 e. The number of esters is 4. The van der Waals surface area contributed by atoms with Crippen LogP contribution >= 0.6 is 0 Å². The Balaban J connectivity index is 5.28. The second-order valence-electron chi connectivity index (χ2n) is 19.4. The van der Waals surface area contributed by atoms with Gasteiger partial charge in [0.15, 0.2) is 0 Å². The van der Waals surface area contributed by atoms with Gasteiger partial charge in [-0.05, 0) is 92.4 Å². The molecular weight excluding hydrogens is 845 g/mol. The van der Waals surface area contributed by atoms with E-state index in [0.717, 1.165) is 90.4 Å². The minimum Gasteiger partial charge on any atom is -0.465 e. The number of allylic oxidation sites excluding steroid dienone is 4. The lowest BCUT2D eigenvalue weighted by Crippen LogP contribution is -2.44. The van der Waals surface area contributed by atoms with Gasteiger partial charge in [-0.3, -0.25) is 19.2 Å². The van der Waals surface area contributed by atoms with E-state index < -0.39 is 17.4 Å². The molecule has 0 bridgehead atoms. The van der Waals surface area contributed by atoms with E-state index in [0.29, 0.717) is 25.9 Å². The molecule has 392 valence electrons. The summed E-state index contributed by atoms with van der Waals surface area (Å²) in [6, 6.07) is 0. The van der Waals surface area contributed by atoms with E-state index in [9.17, 15) is 19.2 Å². The van der Waals surface area contributed by atoms with Gasteiger partial charge < -0.3 is 39.4 Å². The van der Waals surface area contributed by atoms with Crippen LogP contribution in [0.4, 0.5) is 0 Å². The van der Waals surface area contributed by atoms with Gasteiger partial charge in [-0.1, -0.05) is 141 Å². The smallest absolute Gasteiger partial charge is 0.307 e. The number of likely N-dealkylation sites (N-methyl/N-ethyl adjacent to an activating group) is 2. The third-order valence-corrected chi connectivity index (χ3v) is 11.9. The molecule has 12 heteroatoms. The van der Waals surface area contributed by atoms with Crippen molar-refractivity contribution in [1.29, 1.82) is 0 Å². The summed E-state index contributed by atoms with van der Waals surface area (Å²) in [7, 11) is 7.95. The molecule has 0 aromatic carbocycles. The maximum absolute atomic E-state index is 13.1. The van der Waals surface area contributed by atoms with Crippen LogP contribution in [0.2, 0.25) is 0 Å². The Labute approximate surface area is 411 Å². The normalized spacial score (nSPS) is 11.9. The van der Waals surface area contributed by atoms with E-state index in [1.165, 1.54) is 89.9 Å². The minimum atomic E-state index is -1.27. The van der Waals surface area contributed by atoms with E-state index in [2.05, 4.69) is 58.6 Å². The van der Waals surface area contributed by atoms with Crippen LogP contribution in [0.1, 0.15) is 206 Å². The topological polar surface area (TPSA) is 136 Å². The molecule has 0 saturated carbocycles. The number of carbonyl (C=O) groups excluding carboxylic acids is 4. The number of nitrogens with zero attached hydrogens (tertiary/aromatic N) is 2. The second-order valence-corrected chi connectivity index (χ2v) is 19.4. The van der Waals surface area contributed by atoms with Gasteiger partial charge in [0.05, 0.1) is 12.8 Å². The first-order valence-corrected chi connectivity index (χ1v) is 27.2. The van der Waals surface area contributed by atoms with Crippen LogP contribution in [0.25, 0.3) is 0 Å². The molecule has 0 aromatic heterocycles. The van der Waals surface area contributed by atoms with Gasteiger partial charge in [-0.15, -0.1) is 0 Å². The molecule has 0 radical (unpaired) electrons. The fraction of sp³-hybridized carbons (Fsp3) is 0.855. The zero-order valence-electron chi connectivity index (χ0n) is 44.3. The van der Waals surface area contributed by atoms with E-state index in [-0.39, 0.29) is 64.0 Å². The number of carbonyl (C=O) groups is 4. The van der Waals surface area contributed by atoms with Gasteiger partial charge in [0.25, 0.3) is 0 Å². The van der Waals surface area contributed by atoms with Crippen molar-refractivity contribution in [2.24, 2.45) is 5.41 Å². The fourth-order valence-electron chi connectivity index (χ4n) is 7.39. The van der Waals surface area contributed by atoms with Crippen LogP contribution in [0.3, 0.4) is 0 Å². The van der Waals surface area contributed by atoms with Gasteiger partial charge in [-0.25, -0.2) is 0 Å². The fourth-order valence-corrected chi connectivity index (χ4v) is 7.39. The van der Waals surface area contributed by atoms with Crippen molar-refractivity contribution >= 4 is 23.9 Å². The van der Waals surface area contributed by atoms with Crippen LogP contribution in [0, 0.1) is 5.41 Å². The molecule has 0 aromatic rings. The van der Waals surface area contributed by atoms with Gasteiger partial charge in [0, 0.05) is 52.1 Å². The van der Waals surface area contributed by atoms with Gasteiger partial charge in [-0.2, -0.15) is 0 Å². The lowest BCUT2D eigenvalue weighted by molar-refractivity contribution is -0.170. The van der Waals surface area contributed by atoms with E-state index >= 15 is 0 Å². The first-order chi connectivity index (χ1) is 32.5. The molecular formula is C55H104N4O8. The summed E-state index contributed by atoms with van der Waals surface area (Å²) in [5.74, 6) is -1.65. The molecule has 0 saturated heterocycles. The van der Waals surface area contributed by atoms with Crippen molar-refractivity contribution in [3.05, 3.63) is 24.3 Å². The summed E-state index contributed by atoms with van der Waals surface area (Å²) >= 11 is 0. The van der Waals surface area contributed by atoms with Crippen molar-refractivity contribution in [3.8, 4) is 0 Å². The second kappa shape index (κ2) is 48.2. The molecule has 0 atom stereocenters. The van der Waals surface area contributed by atoms with Crippen molar-refractivity contribution in [2.75, 3.05) is 93.9 Å². The summed E-state index contributed by atoms with van der Waals surface area (Å²) < 4.78 is 23.2. The molecule has 67 heavy (non-hydrogen) atoms. The van der Waals surface area contributed by atoms with Crippen LogP contribution in [0.15, 0.2) is 24.3 Å². The summed E-state index contributed by atoms with van der Waals surface area (Å²) in [5.41, 5.74) is -1.27. The Morgan fingerprint density at radius 1 is 0.373 bits per heavy atom. The van der Waals surface area contributed by atoms with Crippen molar-refractivity contribution in [2.45, 2.75) is 206 Å². The maximum atomic E-state index is 13.1. The Bertz CT molecular complexity index is 1130. The molecule has 0 aliphatic heterocycles. The Hall–Kier alpha value is -2.80. The van der Waals surface area contributed by atoms with E-state index in [4.69, 9.17) is 18.9 Å². The number of hydrogen-bond acceptors (Lipinski definition) is 12. The summed E-state index contributed by atoms with van der Waals surface area (Å²) in [5, 5.41) is 6.49. The zero-order chi connectivity index (χ0) is 49.3. The van der Waals surface area contributed by atoms with Gasteiger partial charge in [0.2, 0.25) is 0 Å². The minimum absolute atomic E-state index is 0.131. The lowest BCUT2D eigenvalue weighted by atomic mass is 9.92. The molecule has 0 fully saturated rings. The lowest BCUT2D eigenvalue weighted by Gasteiger charge is -2.31. The summed E-state index contributed by atoms with van der Waals surface area (Å²) in [6.07, 6.45) is 40.4. The molecule has 0 aliphatic carbocycles. The van der Waals surface area contributed by atoms with Crippen LogP contribution in [-0.4, -0.2) is 128 Å². The van der Waals surface area contributed by atoms with Gasteiger partial charge in [0.1, 0.15) is 31.8 Å². The van der Waals surface area contributed by atoms with Crippen LogP contribution < -0.4 is 10.6 Å². The van der Waals surface area contributed by atoms with Gasteiger partial charge >= 0.3 is 23.9 Å². The number of ether oxygens (including phenoxy) is 4. The first kappa shape index (κ1) is 64.2. The van der Waals surface area contributed by atoms with Crippen molar-refractivity contribution in [1.82, 2.24) is 20.4 Å². The molecule has 2 N–H and O–H groups in total. The monoisotopic (exact) mass is 949 g/mol. The highest BCUT2D eigenvalue weighted by molar-refractivity contribution is 5.71. The molecule has 0 spiro atoms. The highest BCUT2D eigenvalue weighted by Gasteiger charge is 2.38. The number of unbranched alkanes of at least 4 members (excludes halogenated alkanes) is 22. The number of rotatable bonds is 50. The Kier molecular flexibility index (Phi) is 46.2. The Morgan fingerprint density at radius 2 is 0.642 bits per heavy atom. The van der Waals surface area contributed by atoms with Crippen LogP contribution in [0.5, 0.6) is 0 Å². The van der Waals surface area contributed by atoms with Crippen molar-refractivity contribution in [3.63, 3.8) is 0 Å². The number of hydrogen-bond donors (Lipinski definition) is 2. The predicted octanol–water partition coefficient (Wildman–Crippen LogP) is 11.3. The third kappa shape index (κ3) is 46.7. The molecule has 0 amide bonds. The standard InChI is InChI=1S/C55H104N4O8/c1-7-9-11-13-15-17-19-21-23-25-27-29-31-33-35-37-51(60)64-47-55(49-66-53(62)39-41-56-43-45-58(3)4,50-67-54(63)40-42-57-44-46-59(5)6)48-65-52(61)38-36-34-32-30-28-26-24-22-20-18-16-14-12-10-8-2/h21-24,56-57H,7-20,25-50H2,1-6H3/b23-21-,24-22-. The largest absolute Gasteiger partial charge is 0.465 e.